The summed E-state index contributed by atoms with van der Waals surface area (Å²) < 4.78 is 5.04. The summed E-state index contributed by atoms with van der Waals surface area (Å²) in [6.45, 7) is 5.92. The Morgan fingerprint density at radius 3 is 2.41 bits per heavy atom. The number of ether oxygens (including phenoxy) is 1. The van der Waals surface area contributed by atoms with E-state index in [0.717, 1.165) is 0 Å². The van der Waals surface area contributed by atoms with Gasteiger partial charge in [0.05, 0.1) is 6.10 Å². The van der Waals surface area contributed by atoms with Crippen LogP contribution in [0.5, 0.6) is 0 Å². The van der Waals surface area contributed by atoms with Gasteiger partial charge in [0.25, 0.3) is 0 Å². The van der Waals surface area contributed by atoms with Crippen molar-refractivity contribution in [3.8, 4) is 0 Å². The summed E-state index contributed by atoms with van der Waals surface area (Å²) in [5.41, 5.74) is 4.68. The Hall–Kier alpha value is -1.30. The summed E-state index contributed by atoms with van der Waals surface area (Å²) in [6.07, 6.45) is 0.886. The first kappa shape index (κ1) is 15.7. The predicted octanol–water partition coefficient (Wildman–Crippen LogP) is 0.690. The fraction of sp³-hybridized carbons (Fsp3) is 0.818. The molecule has 0 aromatic carbocycles. The number of amidine groups is 1. The zero-order chi connectivity index (χ0) is 13.5. The van der Waals surface area contributed by atoms with E-state index in [-0.39, 0.29) is 17.8 Å². The first-order chi connectivity index (χ1) is 7.98. The number of carbonyl (C=O) groups excluding carboxylic acids is 1. The van der Waals surface area contributed by atoms with Crippen LogP contribution >= 0.6 is 0 Å². The van der Waals surface area contributed by atoms with Crippen LogP contribution in [0.15, 0.2) is 5.16 Å². The normalized spacial score (nSPS) is 14.5. The van der Waals surface area contributed by atoms with Crippen LogP contribution in [0.25, 0.3) is 0 Å². The van der Waals surface area contributed by atoms with E-state index in [1.165, 1.54) is 0 Å². The molecule has 1 atom stereocenters. The average molecular weight is 245 g/mol. The Labute approximate surface area is 102 Å². The Morgan fingerprint density at radius 2 is 2.06 bits per heavy atom. The third-order valence-corrected chi connectivity index (χ3v) is 3.19. The molecule has 0 aliphatic carbocycles. The Kier molecular flexibility index (Phi) is 6.57. The van der Waals surface area contributed by atoms with Crippen LogP contribution in [0, 0.1) is 5.41 Å². The van der Waals surface area contributed by atoms with Gasteiger partial charge < -0.3 is 21.0 Å². The highest BCUT2D eigenvalue weighted by Crippen LogP contribution is 2.26. The number of amides is 1. The maximum atomic E-state index is 12.1. The van der Waals surface area contributed by atoms with Gasteiger partial charge in [-0.15, -0.1) is 0 Å². The molecule has 0 aliphatic rings. The lowest BCUT2D eigenvalue weighted by Gasteiger charge is -2.29. The topological polar surface area (TPSA) is 96.9 Å². The maximum absolute atomic E-state index is 12.1. The number of rotatable bonds is 7. The molecular formula is C11H23N3O3. The smallest absolute Gasteiger partial charge is 0.234 e. The Morgan fingerprint density at radius 1 is 1.53 bits per heavy atom. The van der Waals surface area contributed by atoms with Gasteiger partial charge in [-0.1, -0.05) is 19.0 Å². The molecule has 0 aromatic rings. The maximum Gasteiger partial charge on any atom is 0.234 e. The number of nitrogens with zero attached hydrogens (tertiary/aromatic N) is 1. The second-order valence-electron chi connectivity index (χ2n) is 4.03. The van der Waals surface area contributed by atoms with Gasteiger partial charge >= 0.3 is 0 Å². The molecule has 6 heteroatoms. The molecule has 6 nitrogen and oxygen atoms in total. The fourth-order valence-electron chi connectivity index (χ4n) is 1.63. The number of hydrogen-bond donors (Lipinski definition) is 3. The quantitative estimate of drug-likeness (QED) is 0.266. The molecule has 4 N–H and O–H groups in total. The van der Waals surface area contributed by atoms with Crippen LogP contribution in [0.4, 0.5) is 0 Å². The largest absolute Gasteiger partial charge is 0.409 e. The molecular weight excluding hydrogens is 222 g/mol. The summed E-state index contributed by atoms with van der Waals surface area (Å²) in [5.74, 6) is -0.285. The zero-order valence-electron chi connectivity index (χ0n) is 11.0. The van der Waals surface area contributed by atoms with Crippen LogP contribution in [0.2, 0.25) is 0 Å². The van der Waals surface area contributed by atoms with Crippen LogP contribution in [-0.2, 0) is 9.53 Å². The van der Waals surface area contributed by atoms with E-state index >= 15 is 0 Å². The van der Waals surface area contributed by atoms with Gasteiger partial charge in [-0.25, -0.2) is 0 Å². The van der Waals surface area contributed by atoms with Crippen molar-refractivity contribution < 1.29 is 14.7 Å². The summed E-state index contributed by atoms with van der Waals surface area (Å²) >= 11 is 0. The zero-order valence-corrected chi connectivity index (χ0v) is 11.0. The van der Waals surface area contributed by atoms with Gasteiger partial charge in [0.2, 0.25) is 5.91 Å². The minimum atomic E-state index is -0.942. The van der Waals surface area contributed by atoms with Crippen molar-refractivity contribution in [3.63, 3.8) is 0 Å². The predicted molar refractivity (Wildman–Crippen MR) is 65.9 cm³/mol. The molecule has 1 amide bonds. The number of carbonyl (C=O) groups is 1. The molecule has 0 radical (unpaired) electrons. The van der Waals surface area contributed by atoms with Crippen molar-refractivity contribution in [2.75, 3.05) is 13.7 Å². The number of methoxy groups -OCH3 is 1. The molecule has 0 aromatic heterocycles. The second kappa shape index (κ2) is 7.11. The van der Waals surface area contributed by atoms with Crippen LogP contribution in [-0.4, -0.2) is 36.7 Å². The average Bonchev–Trinajstić information content (AvgIpc) is 2.37. The molecule has 0 rings (SSSR count). The van der Waals surface area contributed by atoms with E-state index in [1.54, 1.807) is 7.11 Å². The van der Waals surface area contributed by atoms with Gasteiger partial charge in [-0.2, -0.15) is 0 Å². The minimum absolute atomic E-state index is 0.0509. The first-order valence-electron chi connectivity index (χ1n) is 5.77. The van der Waals surface area contributed by atoms with Crippen molar-refractivity contribution in [2.24, 2.45) is 16.3 Å². The lowest BCUT2D eigenvalue weighted by atomic mass is 9.80. The van der Waals surface area contributed by atoms with Crippen molar-refractivity contribution in [1.82, 2.24) is 5.32 Å². The van der Waals surface area contributed by atoms with Gasteiger partial charge in [0, 0.05) is 13.7 Å². The molecule has 0 aliphatic heterocycles. The van der Waals surface area contributed by atoms with E-state index < -0.39 is 5.41 Å². The highest BCUT2D eigenvalue weighted by molar-refractivity contribution is 6.06. The summed E-state index contributed by atoms with van der Waals surface area (Å²) in [7, 11) is 1.58. The molecule has 0 fully saturated rings. The van der Waals surface area contributed by atoms with Crippen molar-refractivity contribution in [1.29, 1.82) is 0 Å². The van der Waals surface area contributed by atoms with Crippen LogP contribution in [0.1, 0.15) is 33.6 Å². The molecule has 0 spiro atoms. The summed E-state index contributed by atoms with van der Waals surface area (Å²) in [6, 6.07) is 0. The second-order valence-corrected chi connectivity index (χ2v) is 4.03. The highest BCUT2D eigenvalue weighted by Gasteiger charge is 2.39. The summed E-state index contributed by atoms with van der Waals surface area (Å²) in [5, 5.41) is 14.5. The third kappa shape index (κ3) is 3.59. The lowest BCUT2D eigenvalue weighted by Crippen LogP contribution is -2.50. The van der Waals surface area contributed by atoms with Gasteiger partial charge in [0.1, 0.15) is 5.41 Å². The molecule has 0 bridgehead atoms. The van der Waals surface area contributed by atoms with Gasteiger partial charge in [0.15, 0.2) is 5.84 Å². The van der Waals surface area contributed by atoms with Crippen LogP contribution in [0.3, 0.4) is 0 Å². The van der Waals surface area contributed by atoms with Crippen molar-refractivity contribution in [2.45, 2.75) is 39.7 Å². The highest BCUT2D eigenvalue weighted by atomic mass is 16.5. The number of nitrogens with one attached hydrogen (secondary N) is 1. The Balaban J connectivity index is 4.78. The van der Waals surface area contributed by atoms with E-state index in [1.807, 2.05) is 20.8 Å². The van der Waals surface area contributed by atoms with E-state index in [4.69, 9.17) is 15.7 Å². The lowest BCUT2D eigenvalue weighted by molar-refractivity contribution is -0.128. The van der Waals surface area contributed by atoms with Crippen molar-refractivity contribution >= 4 is 11.7 Å². The van der Waals surface area contributed by atoms with E-state index in [2.05, 4.69) is 10.5 Å². The minimum Gasteiger partial charge on any atom is -0.409 e. The third-order valence-electron chi connectivity index (χ3n) is 3.19. The summed E-state index contributed by atoms with van der Waals surface area (Å²) in [4.78, 5) is 12.1. The van der Waals surface area contributed by atoms with E-state index in [0.29, 0.717) is 19.4 Å². The number of hydrogen-bond acceptors (Lipinski definition) is 4. The van der Waals surface area contributed by atoms with Gasteiger partial charge in [-0.05, 0) is 19.8 Å². The molecule has 0 saturated carbocycles. The fourth-order valence-corrected chi connectivity index (χ4v) is 1.63. The van der Waals surface area contributed by atoms with Crippen LogP contribution < -0.4 is 11.1 Å². The molecule has 1 unspecified atom stereocenters. The van der Waals surface area contributed by atoms with E-state index in [9.17, 15) is 4.79 Å². The molecule has 17 heavy (non-hydrogen) atoms. The molecule has 0 saturated heterocycles. The number of oxime groups is 1. The standard InChI is InChI=1S/C11H23N3O3/c1-5-11(6-2,9(12)14-16)10(15)13-7-8(3)17-4/h8,16H,5-7H2,1-4H3,(H2,12,14)(H,13,15). The first-order valence-corrected chi connectivity index (χ1v) is 5.77. The SMILES string of the molecule is CCC(CC)(C(=O)NCC(C)OC)C(N)=NO. The molecule has 0 heterocycles. The monoisotopic (exact) mass is 245 g/mol. The van der Waals surface area contributed by atoms with Crippen molar-refractivity contribution in [3.05, 3.63) is 0 Å². The number of nitrogens with two attached hydrogens (primary N) is 1. The van der Waals surface area contributed by atoms with Gasteiger partial charge in [-0.3, -0.25) is 4.79 Å². The molecule has 100 valence electrons. The Bertz CT molecular complexity index is 275.